The molecular formula is C10H14N4O. The Kier molecular flexibility index (Phi) is 2.71. The molecule has 0 unspecified atom stereocenters. The first-order chi connectivity index (χ1) is 7.24. The topological polar surface area (TPSA) is 80.0 Å². The lowest BCUT2D eigenvalue weighted by Gasteiger charge is -2.05. The average Bonchev–Trinajstić information content (AvgIpc) is 3.01. The molecule has 5 nitrogen and oxygen atoms in total. The molecule has 0 spiro atoms. The maximum Gasteiger partial charge on any atom is 0.239 e. The third kappa shape index (κ3) is 3.12. The van der Waals surface area contributed by atoms with E-state index in [0.717, 1.165) is 12.8 Å². The van der Waals surface area contributed by atoms with Crippen molar-refractivity contribution in [1.29, 1.82) is 0 Å². The molecule has 0 saturated heterocycles. The Bertz CT molecular complexity index is 345. The molecule has 0 aromatic carbocycles. The lowest BCUT2D eigenvalue weighted by molar-refractivity contribution is -0.119. The molecule has 15 heavy (non-hydrogen) atoms. The van der Waals surface area contributed by atoms with E-state index in [9.17, 15) is 4.79 Å². The molecule has 0 atom stereocenters. The molecule has 80 valence electrons. The van der Waals surface area contributed by atoms with Crippen LogP contribution in [0.4, 0.5) is 11.5 Å². The van der Waals surface area contributed by atoms with Gasteiger partial charge in [0.15, 0.2) is 0 Å². The van der Waals surface area contributed by atoms with Crippen LogP contribution in [0.3, 0.4) is 0 Å². The third-order valence-electron chi connectivity index (χ3n) is 2.16. The van der Waals surface area contributed by atoms with Crippen LogP contribution in [-0.4, -0.2) is 23.5 Å². The number of carbonyl (C=O) groups is 1. The maximum atomic E-state index is 11.3. The van der Waals surface area contributed by atoms with Crippen molar-refractivity contribution in [3.8, 4) is 0 Å². The van der Waals surface area contributed by atoms with Crippen LogP contribution in [0, 0.1) is 0 Å². The molecule has 1 aromatic rings. The summed E-state index contributed by atoms with van der Waals surface area (Å²) in [4.78, 5) is 15.3. The van der Waals surface area contributed by atoms with Crippen LogP contribution in [0.15, 0.2) is 18.3 Å². The molecule has 1 aromatic heterocycles. The fourth-order valence-corrected chi connectivity index (χ4v) is 1.19. The molecule has 0 radical (unpaired) electrons. The largest absolute Gasteiger partial charge is 0.397 e. The van der Waals surface area contributed by atoms with Gasteiger partial charge >= 0.3 is 0 Å². The molecule has 0 aliphatic heterocycles. The van der Waals surface area contributed by atoms with Gasteiger partial charge in [0.2, 0.25) is 5.91 Å². The fourth-order valence-electron chi connectivity index (χ4n) is 1.19. The number of nitrogen functional groups attached to an aromatic ring is 1. The Morgan fingerprint density at radius 1 is 1.53 bits per heavy atom. The molecule has 4 N–H and O–H groups in total. The number of amides is 1. The van der Waals surface area contributed by atoms with Crippen LogP contribution < -0.4 is 16.4 Å². The molecule has 2 rings (SSSR count). The van der Waals surface area contributed by atoms with Gasteiger partial charge in [-0.2, -0.15) is 0 Å². The normalized spacial score (nSPS) is 14.7. The van der Waals surface area contributed by atoms with E-state index in [2.05, 4.69) is 15.6 Å². The minimum Gasteiger partial charge on any atom is -0.397 e. The van der Waals surface area contributed by atoms with E-state index in [0.29, 0.717) is 17.5 Å². The van der Waals surface area contributed by atoms with Gasteiger partial charge in [0, 0.05) is 6.04 Å². The Balaban J connectivity index is 1.76. The van der Waals surface area contributed by atoms with Crippen LogP contribution in [0.1, 0.15) is 12.8 Å². The van der Waals surface area contributed by atoms with Crippen LogP contribution in [0.5, 0.6) is 0 Å². The standard InChI is InChI=1S/C10H14N4O/c11-7-1-4-9(12-5-7)13-6-10(15)14-8-2-3-8/h1,4-5,8H,2-3,6,11H2,(H,12,13)(H,14,15). The highest BCUT2D eigenvalue weighted by Crippen LogP contribution is 2.18. The number of nitrogens with zero attached hydrogens (tertiary/aromatic N) is 1. The highest BCUT2D eigenvalue weighted by atomic mass is 16.2. The summed E-state index contributed by atoms with van der Waals surface area (Å²) in [6.07, 6.45) is 3.76. The SMILES string of the molecule is Nc1ccc(NCC(=O)NC2CC2)nc1. The van der Waals surface area contributed by atoms with Gasteiger partial charge in [0.25, 0.3) is 0 Å². The molecular weight excluding hydrogens is 192 g/mol. The summed E-state index contributed by atoms with van der Waals surface area (Å²) in [6, 6.07) is 3.90. The summed E-state index contributed by atoms with van der Waals surface area (Å²) in [5, 5.41) is 5.81. The third-order valence-corrected chi connectivity index (χ3v) is 2.16. The van der Waals surface area contributed by atoms with Gasteiger partial charge in [0.05, 0.1) is 18.4 Å². The minimum atomic E-state index is 0.0103. The van der Waals surface area contributed by atoms with E-state index in [4.69, 9.17) is 5.73 Å². The van der Waals surface area contributed by atoms with Gasteiger partial charge in [-0.1, -0.05) is 0 Å². The van der Waals surface area contributed by atoms with Gasteiger partial charge in [-0.3, -0.25) is 4.79 Å². The summed E-state index contributed by atoms with van der Waals surface area (Å²) < 4.78 is 0. The van der Waals surface area contributed by atoms with E-state index < -0.39 is 0 Å². The van der Waals surface area contributed by atoms with Crippen molar-refractivity contribution < 1.29 is 4.79 Å². The maximum absolute atomic E-state index is 11.3. The Labute approximate surface area is 88.1 Å². The van der Waals surface area contributed by atoms with E-state index >= 15 is 0 Å². The molecule has 1 aliphatic rings. The van der Waals surface area contributed by atoms with Gasteiger partial charge < -0.3 is 16.4 Å². The van der Waals surface area contributed by atoms with Crippen molar-refractivity contribution in [3.05, 3.63) is 18.3 Å². The van der Waals surface area contributed by atoms with Crippen molar-refractivity contribution >= 4 is 17.4 Å². The van der Waals surface area contributed by atoms with E-state index in [1.165, 1.54) is 0 Å². The van der Waals surface area contributed by atoms with Gasteiger partial charge in [-0.15, -0.1) is 0 Å². The van der Waals surface area contributed by atoms with Crippen molar-refractivity contribution in [1.82, 2.24) is 10.3 Å². The molecule has 1 saturated carbocycles. The molecule has 1 aliphatic carbocycles. The van der Waals surface area contributed by atoms with Crippen molar-refractivity contribution in [3.63, 3.8) is 0 Å². The molecule has 5 heteroatoms. The quantitative estimate of drug-likeness (QED) is 0.664. The average molecular weight is 206 g/mol. The highest BCUT2D eigenvalue weighted by Gasteiger charge is 2.22. The minimum absolute atomic E-state index is 0.0103. The van der Waals surface area contributed by atoms with Crippen LogP contribution in [0.2, 0.25) is 0 Å². The second kappa shape index (κ2) is 4.16. The smallest absolute Gasteiger partial charge is 0.239 e. The first-order valence-corrected chi connectivity index (χ1v) is 4.99. The highest BCUT2D eigenvalue weighted by molar-refractivity contribution is 5.80. The molecule has 1 heterocycles. The van der Waals surface area contributed by atoms with Gasteiger partial charge in [0.1, 0.15) is 5.82 Å². The van der Waals surface area contributed by atoms with Gasteiger partial charge in [-0.05, 0) is 25.0 Å². The number of aromatic nitrogens is 1. The van der Waals surface area contributed by atoms with E-state index in [1.807, 2.05) is 0 Å². The van der Waals surface area contributed by atoms with Crippen LogP contribution >= 0.6 is 0 Å². The Morgan fingerprint density at radius 2 is 2.33 bits per heavy atom. The van der Waals surface area contributed by atoms with Gasteiger partial charge in [-0.25, -0.2) is 4.98 Å². The predicted molar refractivity (Wildman–Crippen MR) is 58.3 cm³/mol. The summed E-state index contributed by atoms with van der Waals surface area (Å²) in [6.45, 7) is 0.257. The molecule has 0 bridgehead atoms. The summed E-state index contributed by atoms with van der Waals surface area (Å²) in [5.41, 5.74) is 6.10. The number of pyridine rings is 1. The summed E-state index contributed by atoms with van der Waals surface area (Å²) >= 11 is 0. The second-order valence-corrected chi connectivity index (χ2v) is 3.67. The van der Waals surface area contributed by atoms with Crippen molar-refractivity contribution in [2.24, 2.45) is 0 Å². The predicted octanol–water partition coefficient (Wildman–Crippen LogP) is 0.354. The zero-order valence-electron chi connectivity index (χ0n) is 8.36. The number of hydrogen-bond acceptors (Lipinski definition) is 4. The number of nitrogens with two attached hydrogens (primary N) is 1. The van der Waals surface area contributed by atoms with Crippen LogP contribution in [0.25, 0.3) is 0 Å². The fraction of sp³-hybridized carbons (Fsp3) is 0.400. The molecule has 1 amide bonds. The van der Waals surface area contributed by atoms with Crippen LogP contribution in [-0.2, 0) is 4.79 Å². The first-order valence-electron chi connectivity index (χ1n) is 4.99. The van der Waals surface area contributed by atoms with Crippen molar-refractivity contribution in [2.45, 2.75) is 18.9 Å². The molecule has 1 fully saturated rings. The van der Waals surface area contributed by atoms with Crippen molar-refractivity contribution in [2.75, 3.05) is 17.6 Å². The number of nitrogens with one attached hydrogen (secondary N) is 2. The number of rotatable bonds is 4. The lowest BCUT2D eigenvalue weighted by Crippen LogP contribution is -2.31. The number of carbonyl (C=O) groups excluding carboxylic acids is 1. The summed E-state index contributed by atoms with van der Waals surface area (Å²) in [7, 11) is 0. The lowest BCUT2D eigenvalue weighted by atomic mass is 10.4. The second-order valence-electron chi connectivity index (χ2n) is 3.67. The first kappa shape index (κ1) is 9.76. The Morgan fingerprint density at radius 3 is 2.93 bits per heavy atom. The zero-order valence-corrected chi connectivity index (χ0v) is 8.36. The number of anilines is 2. The summed E-state index contributed by atoms with van der Waals surface area (Å²) in [5.74, 6) is 0.672. The number of hydrogen-bond donors (Lipinski definition) is 3. The monoisotopic (exact) mass is 206 g/mol. The zero-order chi connectivity index (χ0) is 10.7. The van der Waals surface area contributed by atoms with E-state index in [1.54, 1.807) is 18.3 Å². The Hall–Kier alpha value is -1.78. The van der Waals surface area contributed by atoms with E-state index in [-0.39, 0.29) is 12.5 Å².